The van der Waals surface area contributed by atoms with E-state index in [-0.39, 0.29) is 0 Å². The van der Waals surface area contributed by atoms with Crippen LogP contribution in [0.25, 0.3) is 0 Å². The highest BCUT2D eigenvalue weighted by atomic mass is 15.1. The second kappa shape index (κ2) is 4.34. The summed E-state index contributed by atoms with van der Waals surface area (Å²) >= 11 is 0. The third-order valence-corrected chi connectivity index (χ3v) is 1.46. The first kappa shape index (κ1) is 9.50. The zero-order valence-electron chi connectivity index (χ0n) is 7.68. The van der Waals surface area contributed by atoms with Crippen molar-refractivity contribution in [2.45, 2.75) is 6.92 Å². The number of hydrogen-bond acceptors (Lipinski definition) is 2. The summed E-state index contributed by atoms with van der Waals surface area (Å²) in [5.74, 6) is 0. The molecule has 0 aromatic carbocycles. The number of allylic oxidation sites excluding steroid dienone is 1. The summed E-state index contributed by atoms with van der Waals surface area (Å²) in [6.07, 6.45) is 2.21. The van der Waals surface area contributed by atoms with Gasteiger partial charge >= 0.3 is 0 Å². The summed E-state index contributed by atoms with van der Waals surface area (Å²) in [4.78, 5) is 4.26. The monoisotopic (exact) mass is 142 g/mol. The van der Waals surface area contributed by atoms with Crippen LogP contribution in [0.2, 0.25) is 0 Å². The van der Waals surface area contributed by atoms with E-state index in [4.69, 9.17) is 0 Å². The van der Waals surface area contributed by atoms with Crippen LogP contribution in [0.15, 0.2) is 11.8 Å². The van der Waals surface area contributed by atoms with Gasteiger partial charge in [-0.1, -0.05) is 6.08 Å². The largest absolute Gasteiger partial charge is 0.381 e. The van der Waals surface area contributed by atoms with E-state index in [9.17, 15) is 0 Å². The van der Waals surface area contributed by atoms with Crippen molar-refractivity contribution in [2.75, 3.05) is 34.7 Å². The topological polar surface area (TPSA) is 6.48 Å². The van der Waals surface area contributed by atoms with Gasteiger partial charge in [0.2, 0.25) is 0 Å². The minimum Gasteiger partial charge on any atom is -0.381 e. The van der Waals surface area contributed by atoms with Gasteiger partial charge in [-0.25, -0.2) is 0 Å². The number of nitrogens with zero attached hydrogens (tertiary/aromatic N) is 2. The van der Waals surface area contributed by atoms with Crippen LogP contribution in [0, 0.1) is 0 Å². The lowest BCUT2D eigenvalue weighted by Crippen LogP contribution is -2.14. The number of likely N-dealkylation sites (N-methyl/N-ethyl adjacent to an activating group) is 1. The lowest BCUT2D eigenvalue weighted by molar-refractivity contribution is 0.444. The third-order valence-electron chi connectivity index (χ3n) is 1.46. The molecule has 0 fully saturated rings. The van der Waals surface area contributed by atoms with E-state index < -0.39 is 0 Å². The van der Waals surface area contributed by atoms with Gasteiger partial charge in [0.25, 0.3) is 0 Å². The molecule has 0 aliphatic carbocycles. The van der Waals surface area contributed by atoms with Crippen LogP contribution < -0.4 is 0 Å². The molecule has 0 radical (unpaired) electrons. The predicted octanol–water partition coefficient (Wildman–Crippen LogP) is 1.01. The Bertz CT molecular complexity index is 114. The maximum Gasteiger partial charge on any atom is 0.0176 e. The fraction of sp³-hybridized carbons (Fsp3) is 0.750. The van der Waals surface area contributed by atoms with Crippen molar-refractivity contribution in [3.05, 3.63) is 11.8 Å². The minimum atomic E-state index is 1.02. The summed E-state index contributed by atoms with van der Waals surface area (Å²) in [6, 6.07) is 0. The van der Waals surface area contributed by atoms with Gasteiger partial charge in [-0.2, -0.15) is 0 Å². The first-order chi connectivity index (χ1) is 4.54. The quantitative estimate of drug-likeness (QED) is 0.580. The Morgan fingerprint density at radius 3 is 2.00 bits per heavy atom. The SMILES string of the molecule is C/C(=C\CN(C)C)N(C)C. The standard InChI is InChI=1S/C8H18N2/c1-8(10(4)5)6-7-9(2)3/h6H,7H2,1-5H3/b8-6+. The Kier molecular flexibility index (Phi) is 4.12. The van der Waals surface area contributed by atoms with E-state index in [0.29, 0.717) is 0 Å². The van der Waals surface area contributed by atoms with Gasteiger partial charge in [0.15, 0.2) is 0 Å². The van der Waals surface area contributed by atoms with Crippen LogP contribution in [-0.4, -0.2) is 44.5 Å². The van der Waals surface area contributed by atoms with Crippen LogP contribution in [0.4, 0.5) is 0 Å². The van der Waals surface area contributed by atoms with Crippen LogP contribution in [0.1, 0.15) is 6.92 Å². The molecule has 0 spiro atoms. The lowest BCUT2D eigenvalue weighted by atomic mass is 10.4. The van der Waals surface area contributed by atoms with Crippen LogP contribution in [-0.2, 0) is 0 Å². The molecule has 0 aliphatic rings. The summed E-state index contributed by atoms with van der Waals surface area (Å²) in [6.45, 7) is 3.13. The fourth-order valence-electron chi connectivity index (χ4n) is 0.497. The van der Waals surface area contributed by atoms with Crippen LogP contribution >= 0.6 is 0 Å². The molecule has 0 aliphatic heterocycles. The molecule has 0 unspecified atom stereocenters. The van der Waals surface area contributed by atoms with Gasteiger partial charge < -0.3 is 9.80 Å². The zero-order chi connectivity index (χ0) is 8.15. The molecular formula is C8H18N2. The van der Waals surface area contributed by atoms with Gasteiger partial charge in [-0.3, -0.25) is 0 Å². The molecule has 0 saturated heterocycles. The second-order valence-corrected chi connectivity index (χ2v) is 3.00. The Labute approximate surface area is 64.1 Å². The Balaban J connectivity index is 3.69. The van der Waals surface area contributed by atoms with Gasteiger partial charge in [-0.15, -0.1) is 0 Å². The molecule has 2 heteroatoms. The highest BCUT2D eigenvalue weighted by Gasteiger charge is 1.90. The smallest absolute Gasteiger partial charge is 0.0176 e. The molecule has 60 valence electrons. The highest BCUT2D eigenvalue weighted by Crippen LogP contribution is 1.94. The summed E-state index contributed by atoms with van der Waals surface area (Å²) < 4.78 is 0. The zero-order valence-corrected chi connectivity index (χ0v) is 7.68. The summed E-state index contributed by atoms with van der Waals surface area (Å²) in [5, 5.41) is 0. The Hall–Kier alpha value is -0.500. The highest BCUT2D eigenvalue weighted by molar-refractivity contribution is 4.96. The molecule has 0 heterocycles. The first-order valence-corrected chi connectivity index (χ1v) is 3.53. The van der Waals surface area contributed by atoms with Crippen molar-refractivity contribution in [1.82, 2.24) is 9.80 Å². The third kappa shape index (κ3) is 4.39. The van der Waals surface area contributed by atoms with E-state index in [1.807, 2.05) is 0 Å². The molecule has 0 atom stereocenters. The predicted molar refractivity (Wildman–Crippen MR) is 46.0 cm³/mol. The van der Waals surface area contributed by atoms with Gasteiger partial charge in [0, 0.05) is 26.3 Å². The van der Waals surface area contributed by atoms with Crippen molar-refractivity contribution >= 4 is 0 Å². The molecule has 0 amide bonds. The average molecular weight is 142 g/mol. The van der Waals surface area contributed by atoms with Crippen molar-refractivity contribution in [1.29, 1.82) is 0 Å². The maximum absolute atomic E-state index is 2.21. The van der Waals surface area contributed by atoms with Crippen molar-refractivity contribution < 1.29 is 0 Å². The average Bonchev–Trinajstić information content (AvgIpc) is 1.82. The minimum absolute atomic E-state index is 1.02. The Morgan fingerprint density at radius 2 is 1.70 bits per heavy atom. The molecule has 0 aromatic heterocycles. The molecule has 0 rings (SSSR count). The first-order valence-electron chi connectivity index (χ1n) is 3.53. The Morgan fingerprint density at radius 1 is 1.20 bits per heavy atom. The molecule has 2 nitrogen and oxygen atoms in total. The lowest BCUT2D eigenvalue weighted by Gasteiger charge is -2.13. The van der Waals surface area contributed by atoms with Crippen molar-refractivity contribution in [2.24, 2.45) is 0 Å². The summed E-state index contributed by atoms with van der Waals surface area (Å²) in [7, 11) is 8.25. The molecular weight excluding hydrogens is 124 g/mol. The van der Waals surface area contributed by atoms with E-state index in [1.54, 1.807) is 0 Å². The summed E-state index contributed by atoms with van der Waals surface area (Å²) in [5.41, 5.74) is 1.31. The van der Waals surface area contributed by atoms with Gasteiger partial charge in [0.1, 0.15) is 0 Å². The van der Waals surface area contributed by atoms with E-state index in [0.717, 1.165) is 6.54 Å². The molecule has 0 saturated carbocycles. The van der Waals surface area contributed by atoms with E-state index >= 15 is 0 Å². The molecule has 10 heavy (non-hydrogen) atoms. The van der Waals surface area contributed by atoms with Gasteiger partial charge in [-0.05, 0) is 21.0 Å². The van der Waals surface area contributed by atoms with Crippen LogP contribution in [0.5, 0.6) is 0 Å². The fourth-order valence-corrected chi connectivity index (χ4v) is 0.497. The molecule has 0 aromatic rings. The normalized spacial score (nSPS) is 12.4. The van der Waals surface area contributed by atoms with E-state index in [2.05, 4.69) is 51.0 Å². The second-order valence-electron chi connectivity index (χ2n) is 3.00. The van der Waals surface area contributed by atoms with Crippen molar-refractivity contribution in [3.63, 3.8) is 0 Å². The van der Waals surface area contributed by atoms with Gasteiger partial charge in [0.05, 0.1) is 0 Å². The molecule has 0 bridgehead atoms. The number of hydrogen-bond donors (Lipinski definition) is 0. The van der Waals surface area contributed by atoms with Crippen LogP contribution in [0.3, 0.4) is 0 Å². The number of rotatable bonds is 3. The van der Waals surface area contributed by atoms with Crippen molar-refractivity contribution in [3.8, 4) is 0 Å². The molecule has 0 N–H and O–H groups in total. The van der Waals surface area contributed by atoms with E-state index in [1.165, 1.54) is 5.70 Å². The maximum atomic E-state index is 2.21.